The van der Waals surface area contributed by atoms with Gasteiger partial charge in [-0.2, -0.15) is 0 Å². The summed E-state index contributed by atoms with van der Waals surface area (Å²) in [6, 6.07) is 3.68. The van der Waals surface area contributed by atoms with Crippen molar-refractivity contribution in [1.82, 2.24) is 0 Å². The molecule has 2 nitrogen and oxygen atoms in total. The first kappa shape index (κ1) is 10.8. The largest absolute Gasteiger partial charge is 0.398 e. The predicted molar refractivity (Wildman–Crippen MR) is 69.5 cm³/mol. The van der Waals surface area contributed by atoms with Crippen molar-refractivity contribution >= 4 is 62.5 Å². The lowest BCUT2D eigenvalue weighted by Crippen LogP contribution is -2.04. The first-order chi connectivity index (χ1) is 5.54. The number of halogens is 3. The van der Waals surface area contributed by atoms with Crippen LogP contribution in [0.1, 0.15) is 9.61 Å². The first-order valence-corrected chi connectivity index (χ1v) is 5.87. The second-order valence-electron chi connectivity index (χ2n) is 2.27. The fraction of sp³-hybridized carbons (Fsp3) is 0.143. The van der Waals surface area contributed by atoms with Crippen LogP contribution in [0.2, 0.25) is 5.02 Å². The number of rotatable bonds is 1. The fourth-order valence-electron chi connectivity index (χ4n) is 0.792. The molecule has 5 heteroatoms. The summed E-state index contributed by atoms with van der Waals surface area (Å²) in [6.07, 6.45) is 0. The van der Waals surface area contributed by atoms with E-state index in [1.807, 2.05) is 12.1 Å². The van der Waals surface area contributed by atoms with E-state index >= 15 is 0 Å². The zero-order valence-electron chi connectivity index (χ0n) is 6.02. The molecule has 0 saturated heterocycles. The summed E-state index contributed by atoms with van der Waals surface area (Å²) >= 11 is 10.2. The third-order valence-electron chi connectivity index (χ3n) is 1.44. The molecule has 0 aromatic heterocycles. The Bertz CT molecular complexity index is 302. The topological polar surface area (TPSA) is 52.0 Å². The zero-order valence-corrected chi connectivity index (χ0v) is 11.1. The van der Waals surface area contributed by atoms with E-state index in [-0.39, 0.29) is 4.05 Å². The molecule has 1 atom stereocenters. The van der Waals surface area contributed by atoms with E-state index in [2.05, 4.69) is 45.2 Å². The summed E-state index contributed by atoms with van der Waals surface area (Å²) in [7, 11) is 0. The van der Waals surface area contributed by atoms with E-state index in [4.69, 9.17) is 23.1 Å². The third-order valence-corrected chi connectivity index (χ3v) is 4.00. The summed E-state index contributed by atoms with van der Waals surface area (Å²) in [5.41, 5.74) is 13.0. The van der Waals surface area contributed by atoms with Gasteiger partial charge in [0.15, 0.2) is 0 Å². The molecule has 0 radical (unpaired) electrons. The normalized spacial score (nSPS) is 13.0. The van der Waals surface area contributed by atoms with Crippen molar-refractivity contribution in [3.05, 3.63) is 26.3 Å². The van der Waals surface area contributed by atoms with Crippen molar-refractivity contribution in [1.29, 1.82) is 0 Å². The molecular formula is C7H7ClI2N2. The highest BCUT2D eigenvalue weighted by atomic mass is 127. The van der Waals surface area contributed by atoms with Crippen LogP contribution in [0, 0.1) is 3.57 Å². The fourth-order valence-corrected chi connectivity index (χ4v) is 2.28. The van der Waals surface area contributed by atoms with Crippen LogP contribution in [0.4, 0.5) is 5.69 Å². The second kappa shape index (κ2) is 4.30. The van der Waals surface area contributed by atoms with Crippen LogP contribution in [0.15, 0.2) is 12.1 Å². The van der Waals surface area contributed by atoms with Gasteiger partial charge in [0, 0.05) is 5.69 Å². The Morgan fingerprint density at radius 2 is 2.00 bits per heavy atom. The minimum Gasteiger partial charge on any atom is -0.398 e. The van der Waals surface area contributed by atoms with Crippen LogP contribution < -0.4 is 11.5 Å². The van der Waals surface area contributed by atoms with Crippen LogP contribution in [0.3, 0.4) is 0 Å². The van der Waals surface area contributed by atoms with Crippen molar-refractivity contribution in [2.75, 3.05) is 5.73 Å². The Morgan fingerprint density at radius 1 is 1.42 bits per heavy atom. The van der Waals surface area contributed by atoms with E-state index in [0.29, 0.717) is 10.7 Å². The highest BCUT2D eigenvalue weighted by Gasteiger charge is 2.10. The van der Waals surface area contributed by atoms with E-state index < -0.39 is 0 Å². The van der Waals surface area contributed by atoms with Crippen LogP contribution in [-0.2, 0) is 0 Å². The predicted octanol–water partition coefficient (Wildman–Crippen LogP) is 2.92. The van der Waals surface area contributed by atoms with Crippen LogP contribution in [0.5, 0.6) is 0 Å². The Labute approximate surface area is 103 Å². The van der Waals surface area contributed by atoms with Crippen LogP contribution in [0.25, 0.3) is 0 Å². The van der Waals surface area contributed by atoms with E-state index in [9.17, 15) is 0 Å². The molecule has 1 aromatic rings. The lowest BCUT2D eigenvalue weighted by molar-refractivity contribution is 1.08. The Balaban J connectivity index is 3.27. The van der Waals surface area contributed by atoms with Gasteiger partial charge >= 0.3 is 0 Å². The van der Waals surface area contributed by atoms with E-state index in [1.54, 1.807) is 0 Å². The van der Waals surface area contributed by atoms with Crippen molar-refractivity contribution < 1.29 is 0 Å². The van der Waals surface area contributed by atoms with Crippen molar-refractivity contribution in [3.63, 3.8) is 0 Å². The molecule has 12 heavy (non-hydrogen) atoms. The summed E-state index contributed by atoms with van der Waals surface area (Å²) in [4.78, 5) is 0. The summed E-state index contributed by atoms with van der Waals surface area (Å²) in [5.74, 6) is 0. The molecule has 1 rings (SSSR count). The average Bonchev–Trinajstić information content (AvgIpc) is 2.00. The highest BCUT2D eigenvalue weighted by molar-refractivity contribution is 14.1. The molecule has 0 heterocycles. The van der Waals surface area contributed by atoms with Gasteiger partial charge in [0.2, 0.25) is 0 Å². The molecule has 0 amide bonds. The monoisotopic (exact) mass is 408 g/mol. The second-order valence-corrected chi connectivity index (χ2v) is 5.07. The number of nitrogen functional groups attached to an aromatic ring is 1. The van der Waals surface area contributed by atoms with Gasteiger partial charge in [0.25, 0.3) is 0 Å². The van der Waals surface area contributed by atoms with Crippen molar-refractivity contribution in [3.8, 4) is 0 Å². The van der Waals surface area contributed by atoms with Gasteiger partial charge in [0.1, 0.15) is 0 Å². The maximum Gasteiger partial charge on any atom is 0.0839 e. The summed E-state index contributed by atoms with van der Waals surface area (Å²) < 4.78 is 0.795. The van der Waals surface area contributed by atoms with Crippen molar-refractivity contribution in [2.45, 2.75) is 4.05 Å². The number of nitrogens with two attached hydrogens (primary N) is 2. The minimum atomic E-state index is -0.0794. The van der Waals surface area contributed by atoms with Gasteiger partial charge < -0.3 is 11.5 Å². The summed E-state index contributed by atoms with van der Waals surface area (Å²) in [5, 5.41) is 0.664. The molecule has 1 unspecified atom stereocenters. The number of anilines is 1. The van der Waals surface area contributed by atoms with Gasteiger partial charge in [-0.15, -0.1) is 0 Å². The van der Waals surface area contributed by atoms with Gasteiger partial charge in [-0.05, 0) is 34.2 Å². The number of hydrogen-bond donors (Lipinski definition) is 2. The third kappa shape index (κ3) is 2.15. The SMILES string of the molecule is Nc1ccc(C(N)I)c(Cl)c1I. The summed E-state index contributed by atoms with van der Waals surface area (Å²) in [6.45, 7) is 0. The molecule has 4 N–H and O–H groups in total. The Kier molecular flexibility index (Phi) is 3.87. The highest BCUT2D eigenvalue weighted by Crippen LogP contribution is 2.32. The molecule has 0 spiro atoms. The standard InChI is InChI=1S/C7H7ClI2N2/c8-5-3(7(10)12)1-2-4(11)6(5)9/h1-2,7H,11-12H2. The molecule has 0 fully saturated rings. The average molecular weight is 408 g/mol. The molecule has 0 aliphatic carbocycles. The molecule has 0 bridgehead atoms. The van der Waals surface area contributed by atoms with Gasteiger partial charge in [-0.3, -0.25) is 0 Å². The van der Waals surface area contributed by atoms with Gasteiger partial charge in [0.05, 0.1) is 12.6 Å². The lowest BCUT2D eigenvalue weighted by Gasteiger charge is -2.09. The molecule has 0 aliphatic heterocycles. The number of hydrogen-bond acceptors (Lipinski definition) is 2. The van der Waals surface area contributed by atoms with E-state index in [0.717, 1.165) is 9.13 Å². The maximum atomic E-state index is 6.02. The molecular weight excluding hydrogens is 401 g/mol. The van der Waals surface area contributed by atoms with E-state index in [1.165, 1.54) is 0 Å². The number of benzene rings is 1. The van der Waals surface area contributed by atoms with Gasteiger partial charge in [-0.25, -0.2) is 0 Å². The first-order valence-electron chi connectivity index (χ1n) is 3.17. The molecule has 1 aromatic carbocycles. The minimum absolute atomic E-state index is 0.0794. The smallest absolute Gasteiger partial charge is 0.0839 e. The molecule has 66 valence electrons. The van der Waals surface area contributed by atoms with Crippen LogP contribution in [-0.4, -0.2) is 0 Å². The number of alkyl halides is 1. The quantitative estimate of drug-likeness (QED) is 0.325. The molecule has 0 saturated carbocycles. The molecule has 0 aliphatic rings. The zero-order chi connectivity index (χ0) is 9.30. The lowest BCUT2D eigenvalue weighted by atomic mass is 10.2. The Hall–Kier alpha value is 0.730. The van der Waals surface area contributed by atoms with Crippen molar-refractivity contribution in [2.24, 2.45) is 5.73 Å². The van der Waals surface area contributed by atoms with Crippen LogP contribution >= 0.6 is 56.8 Å². The Morgan fingerprint density at radius 3 is 2.50 bits per heavy atom. The maximum absolute atomic E-state index is 6.02. The van der Waals surface area contributed by atoms with Gasteiger partial charge in [-0.1, -0.05) is 40.3 Å².